The molecule has 1 aromatic rings. The van der Waals surface area contributed by atoms with Gasteiger partial charge in [-0.1, -0.05) is 11.6 Å². The second-order valence-electron chi connectivity index (χ2n) is 4.05. The normalized spacial score (nSPS) is 19.6. The number of rotatable bonds is 1. The number of aromatic nitrogens is 1. The van der Waals surface area contributed by atoms with Gasteiger partial charge in [0.05, 0.1) is 10.6 Å². The quantitative estimate of drug-likeness (QED) is 0.766. The Bertz CT molecular complexity index is 506. The Morgan fingerprint density at radius 2 is 2.39 bits per heavy atom. The summed E-state index contributed by atoms with van der Waals surface area (Å²) in [5.41, 5.74) is 5.81. The van der Waals surface area contributed by atoms with E-state index in [2.05, 4.69) is 10.3 Å². The Kier molecular flexibility index (Phi) is 3.38. The summed E-state index contributed by atoms with van der Waals surface area (Å²) in [6.45, 7) is 2.56. The number of hydrogen-bond acceptors (Lipinski definition) is 4. The molecule has 7 heteroatoms. The lowest BCUT2D eigenvalue weighted by atomic mass is 10.1. The van der Waals surface area contributed by atoms with Crippen molar-refractivity contribution < 1.29 is 9.59 Å². The van der Waals surface area contributed by atoms with E-state index in [1.165, 1.54) is 17.2 Å². The Morgan fingerprint density at radius 1 is 1.67 bits per heavy atom. The van der Waals surface area contributed by atoms with Gasteiger partial charge in [0, 0.05) is 19.3 Å². The fraction of sp³-hybridized carbons (Fsp3) is 0.364. The molecule has 1 saturated heterocycles. The van der Waals surface area contributed by atoms with Crippen LogP contribution in [0.4, 0.5) is 5.82 Å². The monoisotopic (exact) mass is 268 g/mol. The summed E-state index contributed by atoms with van der Waals surface area (Å²) < 4.78 is 0. The van der Waals surface area contributed by atoms with Gasteiger partial charge in [0.2, 0.25) is 5.91 Å². The Balaban J connectivity index is 2.30. The van der Waals surface area contributed by atoms with Crippen LogP contribution in [0.25, 0.3) is 0 Å². The molecule has 1 fully saturated rings. The summed E-state index contributed by atoms with van der Waals surface area (Å²) >= 11 is 5.93. The van der Waals surface area contributed by atoms with E-state index in [1.807, 2.05) is 0 Å². The molecule has 1 atom stereocenters. The number of pyridine rings is 1. The maximum absolute atomic E-state index is 12.3. The lowest BCUT2D eigenvalue weighted by Gasteiger charge is -2.33. The zero-order chi connectivity index (χ0) is 13.3. The minimum absolute atomic E-state index is 0.173. The lowest BCUT2D eigenvalue weighted by molar-refractivity contribution is -0.127. The third kappa shape index (κ3) is 2.24. The molecular formula is C11H13ClN4O2. The molecule has 0 bridgehead atoms. The smallest absolute Gasteiger partial charge is 0.256 e. The predicted molar refractivity (Wildman–Crippen MR) is 67.2 cm³/mol. The van der Waals surface area contributed by atoms with Crippen LogP contribution in [-0.4, -0.2) is 40.8 Å². The average Bonchev–Trinajstić information content (AvgIpc) is 2.35. The summed E-state index contributed by atoms with van der Waals surface area (Å²) in [4.78, 5) is 29.1. The maximum atomic E-state index is 12.3. The molecular weight excluding hydrogens is 256 g/mol. The van der Waals surface area contributed by atoms with E-state index in [0.717, 1.165) is 0 Å². The summed E-state index contributed by atoms with van der Waals surface area (Å²) in [6, 6.07) is 0.904. The molecule has 0 aliphatic carbocycles. The first-order valence-electron chi connectivity index (χ1n) is 5.50. The molecule has 3 N–H and O–H groups in total. The first kappa shape index (κ1) is 12.6. The molecule has 96 valence electrons. The number of nitrogens with one attached hydrogen (secondary N) is 1. The van der Waals surface area contributed by atoms with Gasteiger partial charge in [-0.25, -0.2) is 4.98 Å². The molecule has 2 amide bonds. The first-order valence-corrected chi connectivity index (χ1v) is 5.88. The van der Waals surface area contributed by atoms with Gasteiger partial charge in [0.25, 0.3) is 5.91 Å². The van der Waals surface area contributed by atoms with Crippen molar-refractivity contribution in [1.82, 2.24) is 15.2 Å². The summed E-state index contributed by atoms with van der Waals surface area (Å²) in [7, 11) is 0. The maximum Gasteiger partial charge on any atom is 0.256 e. The number of hydrogen-bond donors (Lipinski definition) is 2. The number of anilines is 1. The number of halogens is 1. The van der Waals surface area contributed by atoms with Gasteiger partial charge in [0.1, 0.15) is 11.9 Å². The molecule has 18 heavy (non-hydrogen) atoms. The number of nitrogens with two attached hydrogens (primary N) is 1. The van der Waals surface area contributed by atoms with Crippen molar-refractivity contribution in [3.63, 3.8) is 0 Å². The standard InChI is InChI=1S/C11H13ClN4O2/c1-6-10(17)14-2-3-16(6)11(18)7-4-9(13)15-5-8(7)12/h4-6H,2-3H2,1H3,(H2,13,15)(H,14,17). The molecule has 1 aliphatic rings. The van der Waals surface area contributed by atoms with Crippen molar-refractivity contribution in [1.29, 1.82) is 0 Å². The number of nitrogens with zero attached hydrogens (tertiary/aromatic N) is 2. The number of amides is 2. The molecule has 6 nitrogen and oxygen atoms in total. The van der Waals surface area contributed by atoms with Crippen molar-refractivity contribution >= 4 is 29.2 Å². The van der Waals surface area contributed by atoms with Gasteiger partial charge in [-0.05, 0) is 13.0 Å². The van der Waals surface area contributed by atoms with E-state index < -0.39 is 6.04 Å². The van der Waals surface area contributed by atoms with Crippen LogP contribution in [0.15, 0.2) is 12.3 Å². The highest BCUT2D eigenvalue weighted by molar-refractivity contribution is 6.33. The van der Waals surface area contributed by atoms with Gasteiger partial charge in [-0.2, -0.15) is 0 Å². The fourth-order valence-electron chi connectivity index (χ4n) is 1.83. The summed E-state index contributed by atoms with van der Waals surface area (Å²) in [5, 5.41) is 2.92. The van der Waals surface area contributed by atoms with Crippen molar-refractivity contribution in [2.45, 2.75) is 13.0 Å². The highest BCUT2D eigenvalue weighted by Crippen LogP contribution is 2.20. The van der Waals surface area contributed by atoms with Crippen molar-refractivity contribution in [2.75, 3.05) is 18.8 Å². The Hall–Kier alpha value is -1.82. The van der Waals surface area contributed by atoms with Gasteiger partial charge in [-0.15, -0.1) is 0 Å². The zero-order valence-electron chi connectivity index (χ0n) is 9.81. The molecule has 0 radical (unpaired) electrons. The van der Waals surface area contributed by atoms with E-state index in [9.17, 15) is 9.59 Å². The van der Waals surface area contributed by atoms with Crippen molar-refractivity contribution in [3.8, 4) is 0 Å². The zero-order valence-corrected chi connectivity index (χ0v) is 10.6. The lowest BCUT2D eigenvalue weighted by Crippen LogP contribution is -2.55. The Labute approximate surface area is 109 Å². The topological polar surface area (TPSA) is 88.3 Å². The molecule has 1 unspecified atom stereocenters. The highest BCUT2D eigenvalue weighted by Gasteiger charge is 2.30. The fourth-order valence-corrected chi connectivity index (χ4v) is 2.02. The van der Waals surface area contributed by atoms with Crippen LogP contribution in [0, 0.1) is 0 Å². The number of piperazine rings is 1. The van der Waals surface area contributed by atoms with Crippen LogP contribution in [0.2, 0.25) is 5.02 Å². The van der Waals surface area contributed by atoms with Crippen LogP contribution < -0.4 is 11.1 Å². The van der Waals surface area contributed by atoms with E-state index in [-0.39, 0.29) is 28.2 Å². The van der Waals surface area contributed by atoms with Crippen LogP contribution in [0.3, 0.4) is 0 Å². The summed E-state index contributed by atoms with van der Waals surface area (Å²) in [5.74, 6) is -0.263. The van der Waals surface area contributed by atoms with Gasteiger partial charge in [0.15, 0.2) is 0 Å². The third-order valence-electron chi connectivity index (χ3n) is 2.87. The molecule has 0 saturated carbocycles. The van der Waals surface area contributed by atoms with Gasteiger partial charge >= 0.3 is 0 Å². The van der Waals surface area contributed by atoms with Crippen LogP contribution in [-0.2, 0) is 4.79 Å². The highest BCUT2D eigenvalue weighted by atomic mass is 35.5. The minimum atomic E-state index is -0.517. The SMILES string of the molecule is CC1C(=O)NCCN1C(=O)c1cc(N)ncc1Cl. The minimum Gasteiger partial charge on any atom is -0.384 e. The molecule has 1 aromatic heterocycles. The largest absolute Gasteiger partial charge is 0.384 e. The van der Waals surface area contributed by atoms with E-state index in [0.29, 0.717) is 13.1 Å². The Morgan fingerprint density at radius 3 is 3.11 bits per heavy atom. The molecule has 0 aromatic carbocycles. The van der Waals surface area contributed by atoms with Crippen LogP contribution in [0.5, 0.6) is 0 Å². The van der Waals surface area contributed by atoms with Crippen LogP contribution in [0.1, 0.15) is 17.3 Å². The number of nitrogen functional groups attached to an aromatic ring is 1. The molecule has 2 rings (SSSR count). The molecule has 2 heterocycles. The summed E-state index contributed by atoms with van der Waals surface area (Å²) in [6.07, 6.45) is 1.33. The van der Waals surface area contributed by atoms with Crippen molar-refractivity contribution in [2.24, 2.45) is 0 Å². The van der Waals surface area contributed by atoms with E-state index in [4.69, 9.17) is 17.3 Å². The first-order chi connectivity index (χ1) is 8.50. The molecule has 0 spiro atoms. The third-order valence-corrected chi connectivity index (χ3v) is 3.17. The second-order valence-corrected chi connectivity index (χ2v) is 4.46. The van der Waals surface area contributed by atoms with Crippen LogP contribution >= 0.6 is 11.6 Å². The molecule has 1 aliphatic heterocycles. The van der Waals surface area contributed by atoms with E-state index >= 15 is 0 Å². The second kappa shape index (κ2) is 4.81. The van der Waals surface area contributed by atoms with Gasteiger partial charge in [-0.3, -0.25) is 9.59 Å². The predicted octanol–water partition coefficient (Wildman–Crippen LogP) is 0.278. The van der Waals surface area contributed by atoms with Gasteiger partial charge < -0.3 is 16.0 Å². The number of carbonyl (C=O) groups excluding carboxylic acids is 2. The number of carbonyl (C=O) groups is 2. The van der Waals surface area contributed by atoms with E-state index in [1.54, 1.807) is 6.92 Å². The van der Waals surface area contributed by atoms with Crippen molar-refractivity contribution in [3.05, 3.63) is 22.8 Å². The average molecular weight is 269 g/mol.